The Morgan fingerprint density at radius 1 is 1.39 bits per heavy atom. The number of fused-ring (bicyclic) bond motifs is 1. The Bertz CT molecular complexity index is 723. The van der Waals surface area contributed by atoms with Crippen LogP contribution in [0.2, 0.25) is 0 Å². The first-order valence-corrected chi connectivity index (χ1v) is 6.38. The molecule has 2 aromatic heterocycles. The fourth-order valence-corrected chi connectivity index (χ4v) is 2.51. The molecule has 2 heterocycles. The molecule has 0 aromatic carbocycles. The van der Waals surface area contributed by atoms with Crippen LogP contribution in [-0.4, -0.2) is 14.1 Å². The van der Waals surface area contributed by atoms with Gasteiger partial charge in [0.15, 0.2) is 5.65 Å². The first-order chi connectivity index (χ1) is 8.56. The molecule has 18 heavy (non-hydrogen) atoms. The Morgan fingerprint density at radius 2 is 2.11 bits per heavy atom. The minimum absolute atomic E-state index is 0.110. The lowest BCUT2D eigenvalue weighted by Gasteiger charge is -2.03. The van der Waals surface area contributed by atoms with Gasteiger partial charge >= 0.3 is 4.87 Å². The Labute approximate surface area is 107 Å². The van der Waals surface area contributed by atoms with E-state index in [9.17, 15) is 9.59 Å². The van der Waals surface area contributed by atoms with E-state index in [1.807, 2.05) is 19.1 Å². The van der Waals surface area contributed by atoms with Crippen LogP contribution in [0.3, 0.4) is 0 Å². The summed E-state index contributed by atoms with van der Waals surface area (Å²) in [4.78, 5) is 27.7. The summed E-state index contributed by atoms with van der Waals surface area (Å²) in [5.74, 6) is 0.110. The number of rotatable bonds is 3. The number of hydrogen-bond acceptors (Lipinski definition) is 5. The summed E-state index contributed by atoms with van der Waals surface area (Å²) in [5.41, 5.74) is 5.73. The molecule has 0 unspecified atom stereocenters. The maximum absolute atomic E-state index is 11.9. The highest BCUT2D eigenvalue weighted by Gasteiger charge is 2.13. The number of nitrogen functional groups attached to an aromatic ring is 1. The van der Waals surface area contributed by atoms with Gasteiger partial charge in [0.1, 0.15) is 4.70 Å². The zero-order valence-electron chi connectivity index (χ0n) is 10.2. The molecular formula is C11H14N4O2S. The molecule has 2 rings (SSSR count). The number of aromatic nitrogens is 3. The van der Waals surface area contributed by atoms with Gasteiger partial charge < -0.3 is 5.73 Å². The smallest absolute Gasteiger partial charge is 0.309 e. The number of thiazole rings is 1. The van der Waals surface area contributed by atoms with Crippen molar-refractivity contribution < 1.29 is 0 Å². The van der Waals surface area contributed by atoms with Gasteiger partial charge in [-0.15, -0.1) is 0 Å². The van der Waals surface area contributed by atoms with Crippen molar-refractivity contribution in [2.75, 3.05) is 5.73 Å². The summed E-state index contributed by atoms with van der Waals surface area (Å²) in [5, 5.41) is 0. The van der Waals surface area contributed by atoms with Crippen molar-refractivity contribution in [1.29, 1.82) is 0 Å². The molecule has 7 heteroatoms. The maximum Gasteiger partial charge on any atom is 0.309 e. The number of nitrogens with zero attached hydrogens (tertiary/aromatic N) is 3. The SMILES string of the molecule is CC/C=C\Cn1c(=O)sc2c(=O)n(C)c(N)nc21. The number of anilines is 1. The third kappa shape index (κ3) is 1.97. The lowest BCUT2D eigenvalue weighted by atomic mass is 10.4. The predicted octanol–water partition coefficient (Wildman–Crippen LogP) is 0.705. The first-order valence-electron chi connectivity index (χ1n) is 5.57. The van der Waals surface area contributed by atoms with E-state index in [4.69, 9.17) is 5.73 Å². The van der Waals surface area contributed by atoms with Crippen LogP contribution < -0.4 is 16.2 Å². The summed E-state index contributed by atoms with van der Waals surface area (Å²) >= 11 is 0.908. The van der Waals surface area contributed by atoms with Gasteiger partial charge in [-0.3, -0.25) is 18.7 Å². The van der Waals surface area contributed by atoms with E-state index in [1.165, 1.54) is 16.2 Å². The zero-order chi connectivity index (χ0) is 13.3. The van der Waals surface area contributed by atoms with E-state index in [0.29, 0.717) is 16.9 Å². The molecule has 96 valence electrons. The van der Waals surface area contributed by atoms with Gasteiger partial charge in [0.05, 0.1) is 0 Å². The van der Waals surface area contributed by atoms with Crippen LogP contribution in [0.5, 0.6) is 0 Å². The Balaban J connectivity index is 2.68. The van der Waals surface area contributed by atoms with Gasteiger partial charge in [-0.05, 0) is 6.42 Å². The second-order valence-electron chi connectivity index (χ2n) is 3.85. The van der Waals surface area contributed by atoms with Gasteiger partial charge in [0.2, 0.25) is 5.95 Å². The molecule has 0 bridgehead atoms. The molecule has 0 aliphatic heterocycles. The standard InChI is InChI=1S/C11H14N4O2S/c1-3-4-5-6-15-8-7(18-11(15)17)9(16)14(2)10(12)13-8/h4-5H,3,6H2,1-2H3,(H2,12,13)/b5-4-. The van der Waals surface area contributed by atoms with Crippen LogP contribution in [0.25, 0.3) is 10.3 Å². The van der Waals surface area contributed by atoms with Crippen molar-refractivity contribution in [2.24, 2.45) is 7.05 Å². The Morgan fingerprint density at radius 3 is 2.78 bits per heavy atom. The van der Waals surface area contributed by atoms with E-state index in [0.717, 1.165) is 17.8 Å². The minimum Gasteiger partial charge on any atom is -0.369 e. The summed E-state index contributed by atoms with van der Waals surface area (Å²) in [6.45, 7) is 2.42. The van der Waals surface area contributed by atoms with Gasteiger partial charge in [-0.25, -0.2) is 0 Å². The van der Waals surface area contributed by atoms with E-state index in [1.54, 1.807) is 0 Å². The van der Waals surface area contributed by atoms with Crippen LogP contribution in [0.1, 0.15) is 13.3 Å². The van der Waals surface area contributed by atoms with Crippen molar-refractivity contribution in [2.45, 2.75) is 19.9 Å². The topological polar surface area (TPSA) is 82.9 Å². The van der Waals surface area contributed by atoms with E-state index in [-0.39, 0.29) is 16.4 Å². The van der Waals surface area contributed by atoms with E-state index < -0.39 is 0 Å². The first kappa shape index (κ1) is 12.6. The fourth-order valence-electron chi connectivity index (χ4n) is 1.59. The summed E-state index contributed by atoms with van der Waals surface area (Å²) < 4.78 is 3.05. The molecule has 0 fully saturated rings. The summed E-state index contributed by atoms with van der Waals surface area (Å²) in [6.07, 6.45) is 4.73. The van der Waals surface area contributed by atoms with Gasteiger partial charge in [0.25, 0.3) is 5.56 Å². The van der Waals surface area contributed by atoms with Gasteiger partial charge in [-0.1, -0.05) is 30.4 Å². The fraction of sp³-hybridized carbons (Fsp3) is 0.364. The van der Waals surface area contributed by atoms with Crippen LogP contribution >= 0.6 is 11.3 Å². The lowest BCUT2D eigenvalue weighted by molar-refractivity contribution is 0.806. The third-order valence-corrected chi connectivity index (χ3v) is 3.58. The van der Waals surface area contributed by atoms with Crippen LogP contribution in [0, 0.1) is 0 Å². The maximum atomic E-state index is 11.9. The number of allylic oxidation sites excluding steroid dienone is 2. The van der Waals surface area contributed by atoms with Crippen molar-refractivity contribution in [3.8, 4) is 0 Å². The van der Waals surface area contributed by atoms with Crippen LogP contribution in [0.4, 0.5) is 5.95 Å². The average Bonchev–Trinajstić information content (AvgIpc) is 2.65. The molecule has 0 atom stereocenters. The van der Waals surface area contributed by atoms with Gasteiger partial charge in [-0.2, -0.15) is 4.98 Å². The van der Waals surface area contributed by atoms with Crippen molar-refractivity contribution in [1.82, 2.24) is 14.1 Å². The Hall–Kier alpha value is -1.89. The van der Waals surface area contributed by atoms with E-state index >= 15 is 0 Å². The second kappa shape index (κ2) is 4.77. The molecule has 0 amide bonds. The predicted molar refractivity (Wildman–Crippen MR) is 73.0 cm³/mol. The van der Waals surface area contributed by atoms with Crippen LogP contribution in [0.15, 0.2) is 21.7 Å². The molecule has 0 saturated carbocycles. The minimum atomic E-state index is -0.280. The van der Waals surface area contributed by atoms with Crippen molar-refractivity contribution in [3.05, 3.63) is 32.2 Å². The monoisotopic (exact) mass is 266 g/mol. The highest BCUT2D eigenvalue weighted by molar-refractivity contribution is 7.16. The second-order valence-corrected chi connectivity index (χ2v) is 4.81. The Kier molecular flexibility index (Phi) is 3.33. The summed E-state index contributed by atoms with van der Waals surface area (Å²) in [7, 11) is 1.54. The molecule has 2 N–H and O–H groups in total. The highest BCUT2D eigenvalue weighted by Crippen LogP contribution is 2.12. The third-order valence-electron chi connectivity index (χ3n) is 2.62. The van der Waals surface area contributed by atoms with Gasteiger partial charge in [0, 0.05) is 13.6 Å². The largest absolute Gasteiger partial charge is 0.369 e. The molecule has 6 nitrogen and oxygen atoms in total. The molecule has 0 spiro atoms. The zero-order valence-corrected chi connectivity index (χ0v) is 11.0. The molecule has 0 aliphatic rings. The average molecular weight is 266 g/mol. The molecule has 0 saturated heterocycles. The summed E-state index contributed by atoms with van der Waals surface area (Å²) in [6, 6.07) is 0. The van der Waals surface area contributed by atoms with Crippen molar-refractivity contribution in [3.63, 3.8) is 0 Å². The van der Waals surface area contributed by atoms with Crippen LogP contribution in [-0.2, 0) is 13.6 Å². The lowest BCUT2D eigenvalue weighted by Crippen LogP contribution is -2.21. The molecular weight excluding hydrogens is 252 g/mol. The molecule has 2 aromatic rings. The highest BCUT2D eigenvalue weighted by atomic mass is 32.1. The number of hydrogen-bond donors (Lipinski definition) is 1. The number of nitrogens with two attached hydrogens (primary N) is 1. The van der Waals surface area contributed by atoms with Crippen molar-refractivity contribution >= 4 is 27.6 Å². The quantitative estimate of drug-likeness (QED) is 0.829. The van der Waals surface area contributed by atoms with E-state index in [2.05, 4.69) is 4.98 Å². The molecule has 0 radical (unpaired) electrons. The normalized spacial score (nSPS) is 11.7. The molecule has 0 aliphatic carbocycles.